The van der Waals surface area contributed by atoms with Crippen molar-refractivity contribution in [1.82, 2.24) is 4.57 Å². The van der Waals surface area contributed by atoms with Crippen LogP contribution in [0.5, 0.6) is 0 Å². The Morgan fingerprint density at radius 1 is 0.447 bits per heavy atom. The van der Waals surface area contributed by atoms with E-state index in [1.807, 2.05) is 72.8 Å². The molecule has 0 radical (unpaired) electrons. The van der Waals surface area contributed by atoms with Gasteiger partial charge in [-0.3, -0.25) is 0 Å². The van der Waals surface area contributed by atoms with E-state index in [0.717, 1.165) is 20.7 Å². The molecule has 1 nitrogen and oxygen atoms in total. The first-order valence-corrected chi connectivity index (χ1v) is 14.5. The van der Waals surface area contributed by atoms with Crippen molar-refractivity contribution in [2.75, 3.05) is 0 Å². The smallest absolute Gasteiger partial charge is 0.179 e. The lowest BCUT2D eigenvalue weighted by Crippen LogP contribution is -2.74. The third kappa shape index (κ3) is 3.46. The molecule has 1 heterocycles. The number of nitrogens with zero attached hydrogens (tertiary/aromatic N) is 1. The Morgan fingerprint density at radius 2 is 0.868 bits per heavy atom. The van der Waals surface area contributed by atoms with Crippen molar-refractivity contribution >= 4 is 50.6 Å². The van der Waals surface area contributed by atoms with E-state index >= 15 is 0 Å². The first kappa shape index (κ1) is 15.6. The van der Waals surface area contributed by atoms with Crippen LogP contribution in [0.2, 0.25) is 0 Å². The van der Waals surface area contributed by atoms with Gasteiger partial charge in [0, 0.05) is 16.5 Å². The third-order valence-electron chi connectivity index (χ3n) is 7.19. The molecule has 0 spiro atoms. The van der Waals surface area contributed by atoms with Gasteiger partial charge in [0.2, 0.25) is 0 Å². The van der Waals surface area contributed by atoms with E-state index in [1.165, 1.54) is 0 Å². The Labute approximate surface area is 235 Å². The summed E-state index contributed by atoms with van der Waals surface area (Å²) < 4.78 is 70.9. The van der Waals surface area contributed by atoms with Gasteiger partial charge in [-0.05, 0) is 45.0 Å². The molecule has 0 bridgehead atoms. The van der Waals surface area contributed by atoms with Crippen LogP contribution in [0.3, 0.4) is 0 Å². The molecule has 1 aromatic heterocycles. The SMILES string of the molecule is [2H]c1c([2H])c([2H])c2c(c1[2H])c1c([2H])c([2H])c([2H])c([2H])c1n2-c1cccc([Si](c2ccccc2)(c2ccccc2)c2ccccc2)c1. The van der Waals surface area contributed by atoms with Gasteiger partial charge in [0.05, 0.1) is 22.0 Å². The molecule has 7 aromatic rings. The van der Waals surface area contributed by atoms with E-state index in [9.17, 15) is 0 Å². The van der Waals surface area contributed by atoms with Crippen molar-refractivity contribution in [3.63, 3.8) is 0 Å². The fraction of sp³-hybridized carbons (Fsp3) is 0. The van der Waals surface area contributed by atoms with Crippen molar-refractivity contribution in [3.8, 4) is 5.69 Å². The Balaban J connectivity index is 1.67. The predicted molar refractivity (Wildman–Crippen MR) is 164 cm³/mol. The molecule has 0 aliphatic heterocycles. The molecule has 6 aromatic carbocycles. The molecule has 180 valence electrons. The van der Waals surface area contributed by atoms with Crippen molar-refractivity contribution in [3.05, 3.63) is 164 Å². The minimum atomic E-state index is -2.98. The lowest BCUT2D eigenvalue weighted by atomic mass is 10.2. The Morgan fingerprint density at radius 3 is 1.34 bits per heavy atom. The topological polar surface area (TPSA) is 4.93 Å². The van der Waals surface area contributed by atoms with Gasteiger partial charge in [-0.15, -0.1) is 0 Å². The van der Waals surface area contributed by atoms with Gasteiger partial charge in [0.15, 0.2) is 8.07 Å². The zero-order chi connectivity index (χ0) is 32.3. The second kappa shape index (κ2) is 9.33. The zero-order valence-corrected chi connectivity index (χ0v) is 21.4. The summed E-state index contributed by atoms with van der Waals surface area (Å²) >= 11 is 0. The van der Waals surface area contributed by atoms with Crippen LogP contribution in [-0.2, 0) is 0 Å². The van der Waals surface area contributed by atoms with Gasteiger partial charge in [-0.2, -0.15) is 0 Å². The average Bonchev–Trinajstić information content (AvgIpc) is 3.47. The number of para-hydroxylation sites is 2. The Kier molecular flexibility index (Phi) is 3.82. The normalized spacial score (nSPS) is 14.6. The van der Waals surface area contributed by atoms with E-state index < -0.39 is 32.2 Å². The van der Waals surface area contributed by atoms with E-state index in [4.69, 9.17) is 11.0 Å². The third-order valence-corrected chi connectivity index (χ3v) is 12.0. The molecule has 0 aliphatic carbocycles. The molecular weight excluding hydrogens is 474 g/mol. The summed E-state index contributed by atoms with van der Waals surface area (Å²) in [7, 11) is -2.98. The summed E-state index contributed by atoms with van der Waals surface area (Å²) in [6, 6.07) is 35.8. The highest BCUT2D eigenvalue weighted by Crippen LogP contribution is 2.31. The van der Waals surface area contributed by atoms with Crippen LogP contribution in [0, 0.1) is 0 Å². The largest absolute Gasteiger partial charge is 0.309 e. The average molecular weight is 510 g/mol. The summed E-state index contributed by atoms with van der Waals surface area (Å²) in [6.45, 7) is 0. The van der Waals surface area contributed by atoms with E-state index in [0.29, 0.717) is 5.69 Å². The van der Waals surface area contributed by atoms with Gasteiger partial charge in [0.1, 0.15) is 0 Å². The summed E-state index contributed by atoms with van der Waals surface area (Å²) in [5.41, 5.74) is 0.750. The lowest BCUT2D eigenvalue weighted by Gasteiger charge is -2.34. The van der Waals surface area contributed by atoms with E-state index in [2.05, 4.69) is 42.5 Å². The van der Waals surface area contributed by atoms with Crippen LogP contribution >= 0.6 is 0 Å². The lowest BCUT2D eigenvalue weighted by molar-refractivity contribution is 1.18. The molecule has 0 saturated carbocycles. The Bertz CT molecular complexity index is 2110. The summed E-state index contributed by atoms with van der Waals surface area (Å²) in [4.78, 5) is 0. The van der Waals surface area contributed by atoms with Crippen molar-refractivity contribution in [2.45, 2.75) is 0 Å². The molecule has 0 N–H and O–H groups in total. The maximum atomic E-state index is 8.96. The molecule has 0 saturated heterocycles. The fourth-order valence-corrected chi connectivity index (χ4v) is 10.4. The van der Waals surface area contributed by atoms with Crippen molar-refractivity contribution in [2.24, 2.45) is 0 Å². The zero-order valence-electron chi connectivity index (χ0n) is 28.4. The second-order valence-corrected chi connectivity index (χ2v) is 13.0. The monoisotopic (exact) mass is 509 g/mol. The number of benzene rings is 6. The number of hydrogen-bond acceptors (Lipinski definition) is 0. The number of rotatable bonds is 5. The van der Waals surface area contributed by atoms with Gasteiger partial charge in [-0.25, -0.2) is 0 Å². The summed E-state index contributed by atoms with van der Waals surface area (Å²) in [6.07, 6.45) is 0. The van der Waals surface area contributed by atoms with Crippen molar-refractivity contribution < 1.29 is 11.0 Å². The van der Waals surface area contributed by atoms with Crippen LogP contribution in [0.1, 0.15) is 11.0 Å². The molecule has 2 heteroatoms. The molecule has 0 atom stereocenters. The van der Waals surface area contributed by atoms with Crippen LogP contribution in [0.15, 0.2) is 164 Å². The molecule has 38 heavy (non-hydrogen) atoms. The van der Waals surface area contributed by atoms with Crippen LogP contribution in [-0.4, -0.2) is 12.6 Å². The molecule has 0 amide bonds. The molecular formula is C36H27NSi. The van der Waals surface area contributed by atoms with Gasteiger partial charge >= 0.3 is 0 Å². The van der Waals surface area contributed by atoms with Crippen LogP contribution < -0.4 is 20.7 Å². The highest BCUT2D eigenvalue weighted by molar-refractivity contribution is 7.19. The number of aromatic nitrogens is 1. The van der Waals surface area contributed by atoms with Crippen LogP contribution in [0.25, 0.3) is 27.5 Å². The maximum absolute atomic E-state index is 8.96. The molecule has 0 aliphatic rings. The quantitative estimate of drug-likeness (QED) is 0.193. The van der Waals surface area contributed by atoms with E-state index in [1.54, 1.807) is 4.57 Å². The number of fused-ring (bicyclic) bond motifs is 3. The van der Waals surface area contributed by atoms with Crippen molar-refractivity contribution in [1.29, 1.82) is 0 Å². The highest BCUT2D eigenvalue weighted by Gasteiger charge is 2.41. The summed E-state index contributed by atoms with van der Waals surface area (Å²) in [5, 5.41) is 4.58. The minimum absolute atomic E-state index is 0.0658. The first-order valence-electron chi connectivity index (χ1n) is 16.5. The predicted octanol–water partition coefficient (Wildman–Crippen LogP) is 6.16. The van der Waals surface area contributed by atoms with Gasteiger partial charge < -0.3 is 4.57 Å². The standard InChI is InChI=1S/C36H27NSi/c1-4-16-29(17-5-1)38(30-18-6-2-7-19-30,31-20-8-3-9-21-31)32-22-14-15-28(27-32)37-35-25-12-10-23-33(35)34-24-11-13-26-36(34)37/h1-27H/i10D,11D,12D,13D,23D,24D,25D,26D. The van der Waals surface area contributed by atoms with Gasteiger partial charge in [0.25, 0.3) is 0 Å². The minimum Gasteiger partial charge on any atom is -0.309 e. The molecule has 0 fully saturated rings. The summed E-state index contributed by atoms with van der Waals surface area (Å²) in [5.74, 6) is 0. The second-order valence-electron chi connectivity index (χ2n) is 9.18. The fourth-order valence-electron chi connectivity index (χ4n) is 5.62. The highest BCUT2D eigenvalue weighted by atomic mass is 28.3. The van der Waals surface area contributed by atoms with Gasteiger partial charge in [-0.1, -0.05) is 139 Å². The van der Waals surface area contributed by atoms with E-state index in [-0.39, 0.29) is 46.0 Å². The Hall–Kier alpha value is -4.66. The maximum Gasteiger partial charge on any atom is 0.179 e. The molecule has 7 rings (SSSR count). The number of hydrogen-bond donors (Lipinski definition) is 0. The van der Waals surface area contributed by atoms with Crippen LogP contribution in [0.4, 0.5) is 0 Å². The first-order chi connectivity index (χ1) is 22.2. The molecule has 0 unspecified atom stereocenters.